The summed E-state index contributed by atoms with van der Waals surface area (Å²) in [6.45, 7) is 4.25. The molecule has 1 amide bonds. The number of benzene rings is 1. The van der Waals surface area contributed by atoms with Crippen LogP contribution in [-0.4, -0.2) is 80.0 Å². The van der Waals surface area contributed by atoms with Crippen molar-refractivity contribution in [1.82, 2.24) is 10.3 Å². The molecule has 3 rings (SSSR count). The Labute approximate surface area is 248 Å². The third-order valence-corrected chi connectivity index (χ3v) is 6.43. The van der Waals surface area contributed by atoms with Crippen molar-refractivity contribution < 1.29 is 47.6 Å². The Morgan fingerprint density at radius 1 is 1.14 bits per heavy atom. The highest BCUT2D eigenvalue weighted by atomic mass is 35.5. The quantitative estimate of drug-likeness (QED) is 0.125. The van der Waals surface area contributed by atoms with Crippen molar-refractivity contribution in [2.45, 2.75) is 45.4 Å². The fraction of sp³-hybridized carbons (Fsp3) is 0.483. The lowest BCUT2D eigenvalue weighted by molar-refractivity contribution is -0.176. The van der Waals surface area contributed by atoms with Gasteiger partial charge in [0.15, 0.2) is 36.1 Å². The van der Waals surface area contributed by atoms with E-state index in [0.29, 0.717) is 0 Å². The van der Waals surface area contributed by atoms with Crippen LogP contribution in [0, 0.1) is 11.8 Å². The molecule has 1 fully saturated rings. The van der Waals surface area contributed by atoms with Crippen LogP contribution in [0.3, 0.4) is 0 Å². The van der Waals surface area contributed by atoms with E-state index in [4.69, 9.17) is 40.0 Å². The second-order valence-corrected chi connectivity index (χ2v) is 10.1. The lowest BCUT2D eigenvalue weighted by Gasteiger charge is -2.29. The molecule has 0 aliphatic carbocycles. The van der Waals surface area contributed by atoms with Crippen molar-refractivity contribution in [2.75, 3.05) is 33.0 Å². The number of methoxy groups -OCH3 is 1. The fourth-order valence-corrected chi connectivity index (χ4v) is 4.19. The predicted molar refractivity (Wildman–Crippen MR) is 149 cm³/mol. The number of hydrogen-bond donors (Lipinski definition) is 1. The summed E-state index contributed by atoms with van der Waals surface area (Å²) in [5.74, 6) is -4.08. The van der Waals surface area contributed by atoms with Crippen molar-refractivity contribution in [2.24, 2.45) is 11.8 Å². The monoisotopic (exact) mass is 606 g/mol. The maximum Gasteiger partial charge on any atom is 0.332 e. The van der Waals surface area contributed by atoms with Gasteiger partial charge in [-0.3, -0.25) is 14.4 Å². The maximum atomic E-state index is 13.4. The summed E-state index contributed by atoms with van der Waals surface area (Å²) in [5, 5.41) is 2.49. The number of pyridine rings is 1. The third-order valence-electron chi connectivity index (χ3n) is 6.28. The normalized spacial score (nSPS) is 20.8. The molecule has 228 valence electrons. The van der Waals surface area contributed by atoms with Gasteiger partial charge in [0.25, 0.3) is 5.91 Å². The number of halogens is 1. The Morgan fingerprint density at radius 3 is 2.55 bits per heavy atom. The van der Waals surface area contributed by atoms with E-state index in [1.807, 2.05) is 30.3 Å². The predicted octanol–water partition coefficient (Wildman–Crippen LogP) is 2.70. The number of amides is 1. The number of ether oxygens (including phenoxy) is 6. The summed E-state index contributed by atoms with van der Waals surface area (Å²) >= 11 is 5.61. The molecule has 0 unspecified atom stereocenters. The van der Waals surface area contributed by atoms with Gasteiger partial charge in [-0.05, 0) is 18.9 Å². The Balaban J connectivity index is 1.85. The van der Waals surface area contributed by atoms with E-state index in [0.717, 1.165) is 5.56 Å². The molecule has 1 aromatic carbocycles. The molecule has 0 bridgehead atoms. The van der Waals surface area contributed by atoms with Crippen LogP contribution in [-0.2, 0) is 39.8 Å². The molecule has 1 saturated heterocycles. The van der Waals surface area contributed by atoms with E-state index in [1.54, 1.807) is 13.8 Å². The molecule has 13 heteroatoms. The first-order valence-electron chi connectivity index (χ1n) is 13.4. The molecule has 42 heavy (non-hydrogen) atoms. The van der Waals surface area contributed by atoms with Gasteiger partial charge in [-0.25, -0.2) is 9.78 Å². The van der Waals surface area contributed by atoms with E-state index in [2.05, 4.69) is 10.3 Å². The number of nitrogens with zero attached hydrogens (tertiary/aromatic N) is 1. The second-order valence-electron chi connectivity index (χ2n) is 9.70. The highest BCUT2D eigenvalue weighted by Gasteiger charge is 2.42. The SMILES string of the molecule is COc1ccnc(C(=O)N[C@H]2COC(=O)[C@H](Cc3ccccc3)[C@@H](OC(=O)C(C)C)[C@H](C)OC2=O)c1OCOCCCl. The number of nitrogens with one attached hydrogen (secondary N) is 1. The van der Waals surface area contributed by atoms with Crippen LogP contribution in [0.1, 0.15) is 36.8 Å². The second kappa shape index (κ2) is 15.9. The zero-order valence-electron chi connectivity index (χ0n) is 23.9. The molecule has 1 aliphatic rings. The minimum absolute atomic E-state index is 0.0301. The molecular weight excluding hydrogens is 572 g/mol. The van der Waals surface area contributed by atoms with Gasteiger partial charge in [0.05, 0.1) is 19.6 Å². The Morgan fingerprint density at radius 2 is 1.88 bits per heavy atom. The summed E-state index contributed by atoms with van der Waals surface area (Å²) in [7, 11) is 1.38. The van der Waals surface area contributed by atoms with Crippen LogP contribution in [0.5, 0.6) is 11.5 Å². The molecule has 0 radical (unpaired) electrons. The number of carbonyl (C=O) groups excluding carboxylic acids is 4. The number of esters is 3. The molecule has 0 saturated carbocycles. The van der Waals surface area contributed by atoms with E-state index in [-0.39, 0.29) is 42.9 Å². The largest absolute Gasteiger partial charge is 0.493 e. The number of alkyl halides is 1. The molecular formula is C29H35ClN2O10. The van der Waals surface area contributed by atoms with E-state index in [9.17, 15) is 19.2 Å². The van der Waals surface area contributed by atoms with E-state index >= 15 is 0 Å². The van der Waals surface area contributed by atoms with Crippen molar-refractivity contribution in [3.8, 4) is 11.5 Å². The first-order valence-corrected chi connectivity index (χ1v) is 13.9. The highest BCUT2D eigenvalue weighted by molar-refractivity contribution is 6.17. The lowest BCUT2D eigenvalue weighted by atomic mass is 9.91. The maximum absolute atomic E-state index is 13.4. The van der Waals surface area contributed by atoms with Crippen LogP contribution >= 0.6 is 11.6 Å². The topological polar surface area (TPSA) is 149 Å². The number of rotatable bonds is 12. The van der Waals surface area contributed by atoms with E-state index in [1.165, 1.54) is 26.3 Å². The number of carbonyl (C=O) groups is 4. The zero-order chi connectivity index (χ0) is 30.6. The van der Waals surface area contributed by atoms with Gasteiger partial charge < -0.3 is 33.7 Å². The van der Waals surface area contributed by atoms with Gasteiger partial charge in [-0.1, -0.05) is 44.2 Å². The lowest BCUT2D eigenvalue weighted by Crippen LogP contribution is -2.47. The minimum atomic E-state index is -1.41. The molecule has 1 N–H and O–H groups in total. The van der Waals surface area contributed by atoms with Crippen LogP contribution in [0.15, 0.2) is 42.6 Å². The van der Waals surface area contributed by atoms with Crippen molar-refractivity contribution >= 4 is 35.4 Å². The van der Waals surface area contributed by atoms with Gasteiger partial charge >= 0.3 is 17.9 Å². The standard InChI is InChI=1S/C29H35ClN2O10/c1-17(2)27(34)42-24-18(3)41-29(36)21(15-39-28(35)20(24)14-19-8-6-5-7-9-19)32-26(33)23-25(40-16-38-13-11-30)22(37-4)10-12-31-23/h5-10,12,17-18,20-21,24H,11,13-16H2,1-4H3,(H,32,33)/t18-,20+,21-,24-/m0/s1. The number of hydrogen-bond acceptors (Lipinski definition) is 11. The molecule has 4 atom stereocenters. The minimum Gasteiger partial charge on any atom is -0.493 e. The number of cyclic esters (lactones) is 2. The van der Waals surface area contributed by atoms with E-state index < -0.39 is 60.5 Å². The first kappa shape index (κ1) is 32.6. The van der Waals surface area contributed by atoms with Crippen LogP contribution in [0.25, 0.3) is 0 Å². The first-order chi connectivity index (χ1) is 20.2. The van der Waals surface area contributed by atoms with Crippen LogP contribution in [0.4, 0.5) is 0 Å². The molecule has 12 nitrogen and oxygen atoms in total. The Hall–Kier alpha value is -3.90. The molecule has 2 heterocycles. The number of aromatic nitrogens is 1. The molecule has 1 aromatic heterocycles. The van der Waals surface area contributed by atoms with Gasteiger partial charge in [0.2, 0.25) is 0 Å². The van der Waals surface area contributed by atoms with Gasteiger partial charge in [0, 0.05) is 18.1 Å². The van der Waals surface area contributed by atoms with Gasteiger partial charge in [-0.2, -0.15) is 0 Å². The van der Waals surface area contributed by atoms with Gasteiger partial charge in [0.1, 0.15) is 18.6 Å². The highest BCUT2D eigenvalue weighted by Crippen LogP contribution is 2.30. The molecule has 2 aromatic rings. The smallest absolute Gasteiger partial charge is 0.332 e. The fourth-order valence-electron chi connectivity index (χ4n) is 4.08. The molecule has 1 aliphatic heterocycles. The Bertz CT molecular complexity index is 1230. The average molecular weight is 607 g/mol. The summed E-state index contributed by atoms with van der Waals surface area (Å²) in [6, 6.07) is 9.18. The summed E-state index contributed by atoms with van der Waals surface area (Å²) < 4.78 is 32.9. The van der Waals surface area contributed by atoms with Gasteiger partial charge in [-0.15, -0.1) is 11.6 Å². The zero-order valence-corrected chi connectivity index (χ0v) is 24.6. The van der Waals surface area contributed by atoms with Crippen molar-refractivity contribution in [3.05, 3.63) is 53.9 Å². The summed E-state index contributed by atoms with van der Waals surface area (Å²) in [4.78, 5) is 56.5. The average Bonchev–Trinajstić information content (AvgIpc) is 3.01. The van der Waals surface area contributed by atoms with Crippen molar-refractivity contribution in [1.29, 1.82) is 0 Å². The third kappa shape index (κ3) is 8.80. The Kier molecular flexibility index (Phi) is 12.4. The molecule has 0 spiro atoms. The summed E-state index contributed by atoms with van der Waals surface area (Å²) in [5.41, 5.74) is 0.584. The van der Waals surface area contributed by atoms with Crippen LogP contribution < -0.4 is 14.8 Å². The summed E-state index contributed by atoms with van der Waals surface area (Å²) in [6.07, 6.45) is -0.702. The van der Waals surface area contributed by atoms with Crippen molar-refractivity contribution in [3.63, 3.8) is 0 Å². The van der Waals surface area contributed by atoms with Crippen LogP contribution in [0.2, 0.25) is 0 Å².